The zero-order valence-electron chi connectivity index (χ0n) is 14.7. The van der Waals surface area contributed by atoms with Gasteiger partial charge in [0.25, 0.3) is 5.91 Å². The molecule has 1 aromatic heterocycles. The Morgan fingerprint density at radius 3 is 2.46 bits per heavy atom. The van der Waals surface area contributed by atoms with Gasteiger partial charge in [0.15, 0.2) is 0 Å². The van der Waals surface area contributed by atoms with Gasteiger partial charge in [0.05, 0.1) is 6.54 Å². The van der Waals surface area contributed by atoms with Crippen LogP contribution in [0.15, 0.2) is 24.3 Å². The molecule has 2 rings (SSSR count). The van der Waals surface area contributed by atoms with Gasteiger partial charge in [0.1, 0.15) is 11.0 Å². The van der Waals surface area contributed by atoms with Crippen LogP contribution >= 0.6 is 23.7 Å². The van der Waals surface area contributed by atoms with Crippen LogP contribution in [0.4, 0.5) is 5.69 Å². The molecule has 1 aromatic carbocycles. The van der Waals surface area contributed by atoms with E-state index >= 15 is 0 Å². The number of aromatic nitrogens is 2. The summed E-state index contributed by atoms with van der Waals surface area (Å²) in [6.45, 7) is 4.27. The van der Waals surface area contributed by atoms with Gasteiger partial charge in [-0.15, -0.1) is 22.6 Å². The third-order valence-corrected chi connectivity index (χ3v) is 4.58. The second kappa shape index (κ2) is 10.8. The number of carboxylic acid groups (broad SMARTS) is 1. The zero-order chi connectivity index (χ0) is 18.2. The number of hydrogen-bond donors (Lipinski definition) is 3. The fraction of sp³-hybridized carbons (Fsp3) is 0.412. The molecule has 0 saturated heterocycles. The Hall–Kier alpha value is -2.03. The molecule has 1 heterocycles. The summed E-state index contributed by atoms with van der Waals surface area (Å²) in [7, 11) is 0. The summed E-state index contributed by atoms with van der Waals surface area (Å²) in [5.41, 5.74) is 1.90. The van der Waals surface area contributed by atoms with E-state index in [-0.39, 0.29) is 29.9 Å². The van der Waals surface area contributed by atoms with Crippen LogP contribution in [0.2, 0.25) is 0 Å². The average molecular weight is 399 g/mol. The Labute approximate surface area is 162 Å². The van der Waals surface area contributed by atoms with Crippen molar-refractivity contribution in [3.8, 4) is 0 Å². The number of aliphatic carboxylic acids is 1. The summed E-state index contributed by atoms with van der Waals surface area (Å²) in [4.78, 5) is 23.3. The number of nitrogens with one attached hydrogen (secondary N) is 2. The van der Waals surface area contributed by atoms with E-state index in [4.69, 9.17) is 5.11 Å². The summed E-state index contributed by atoms with van der Waals surface area (Å²) < 4.78 is 0. The number of rotatable bonds is 9. The fourth-order valence-electron chi connectivity index (χ4n) is 2.24. The summed E-state index contributed by atoms with van der Waals surface area (Å²) in [5, 5.41) is 23.5. The molecule has 0 bridgehead atoms. The van der Waals surface area contributed by atoms with E-state index in [9.17, 15) is 9.59 Å². The highest BCUT2D eigenvalue weighted by atomic mass is 35.5. The summed E-state index contributed by atoms with van der Waals surface area (Å²) in [6.07, 6.45) is 2.25. The average Bonchev–Trinajstić information content (AvgIpc) is 3.08. The molecular weight excluding hydrogens is 376 g/mol. The van der Waals surface area contributed by atoms with Gasteiger partial charge in [-0.3, -0.25) is 14.9 Å². The molecule has 0 aliphatic heterocycles. The lowest BCUT2D eigenvalue weighted by Crippen LogP contribution is -2.35. The SMILES string of the molecule is CCCC(NCc1nnc(C(=O)Nc2ccc(CC)cc2)s1)C(=O)O.Cl. The fourth-order valence-corrected chi connectivity index (χ4v) is 2.92. The van der Waals surface area contributed by atoms with Gasteiger partial charge in [0.2, 0.25) is 5.01 Å². The van der Waals surface area contributed by atoms with E-state index in [0.29, 0.717) is 17.1 Å². The van der Waals surface area contributed by atoms with Crippen LogP contribution in [0.25, 0.3) is 0 Å². The van der Waals surface area contributed by atoms with E-state index in [0.717, 1.165) is 24.2 Å². The van der Waals surface area contributed by atoms with Crippen LogP contribution in [0.3, 0.4) is 0 Å². The molecule has 1 amide bonds. The van der Waals surface area contributed by atoms with Gasteiger partial charge >= 0.3 is 5.97 Å². The Kier molecular flexibility index (Phi) is 9.18. The van der Waals surface area contributed by atoms with Crippen LogP contribution in [-0.4, -0.2) is 33.2 Å². The van der Waals surface area contributed by atoms with Crippen molar-refractivity contribution in [1.82, 2.24) is 15.5 Å². The standard InChI is InChI=1S/C17H22N4O3S.ClH/c1-3-5-13(17(23)24)18-10-14-20-21-16(25-14)15(22)19-12-8-6-11(4-2)7-9-12;/h6-9,13,18H,3-5,10H2,1-2H3,(H,19,22)(H,23,24);1H. The predicted octanol–water partition coefficient (Wildman–Crippen LogP) is 3.12. The molecule has 1 atom stereocenters. The Balaban J connectivity index is 0.00000338. The minimum absolute atomic E-state index is 0. The highest BCUT2D eigenvalue weighted by Gasteiger charge is 2.18. The molecule has 142 valence electrons. The third kappa shape index (κ3) is 6.36. The van der Waals surface area contributed by atoms with Crippen LogP contribution in [0.1, 0.15) is 47.1 Å². The van der Waals surface area contributed by atoms with Gasteiger partial charge < -0.3 is 10.4 Å². The monoisotopic (exact) mass is 398 g/mol. The van der Waals surface area contributed by atoms with E-state index < -0.39 is 12.0 Å². The Morgan fingerprint density at radius 1 is 1.19 bits per heavy atom. The first-order valence-corrected chi connectivity index (χ1v) is 9.04. The van der Waals surface area contributed by atoms with Gasteiger partial charge in [0, 0.05) is 5.69 Å². The molecule has 0 radical (unpaired) electrons. The van der Waals surface area contributed by atoms with Gasteiger partial charge in [-0.2, -0.15) is 0 Å². The van der Waals surface area contributed by atoms with Crippen molar-refractivity contribution in [2.45, 2.75) is 45.7 Å². The largest absolute Gasteiger partial charge is 0.480 e. The van der Waals surface area contributed by atoms with Crippen LogP contribution in [0, 0.1) is 0 Å². The lowest BCUT2D eigenvalue weighted by Gasteiger charge is -2.11. The topological polar surface area (TPSA) is 104 Å². The van der Waals surface area contributed by atoms with Gasteiger partial charge in [-0.25, -0.2) is 0 Å². The molecule has 0 aliphatic carbocycles. The molecule has 7 nitrogen and oxygen atoms in total. The minimum atomic E-state index is -0.889. The van der Waals surface area contributed by atoms with Crippen molar-refractivity contribution in [3.63, 3.8) is 0 Å². The number of nitrogens with zero attached hydrogens (tertiary/aromatic N) is 2. The lowest BCUT2D eigenvalue weighted by molar-refractivity contribution is -0.139. The molecule has 0 saturated carbocycles. The first-order valence-electron chi connectivity index (χ1n) is 8.22. The number of benzene rings is 1. The normalized spacial score (nSPS) is 11.5. The molecule has 9 heteroatoms. The number of aryl methyl sites for hydroxylation is 1. The second-order valence-electron chi connectivity index (χ2n) is 5.57. The van der Waals surface area contributed by atoms with Crippen molar-refractivity contribution >= 4 is 41.3 Å². The number of halogens is 1. The maximum Gasteiger partial charge on any atom is 0.320 e. The van der Waals surface area contributed by atoms with Crippen LogP contribution < -0.4 is 10.6 Å². The van der Waals surface area contributed by atoms with Crippen molar-refractivity contribution < 1.29 is 14.7 Å². The smallest absolute Gasteiger partial charge is 0.320 e. The Bertz CT molecular complexity index is 721. The summed E-state index contributed by atoms with van der Waals surface area (Å²) >= 11 is 1.15. The Morgan fingerprint density at radius 2 is 1.88 bits per heavy atom. The molecule has 0 spiro atoms. The molecule has 1 unspecified atom stereocenters. The number of carbonyl (C=O) groups is 2. The van der Waals surface area contributed by atoms with E-state index in [1.165, 1.54) is 5.56 Å². The maximum absolute atomic E-state index is 12.2. The number of hydrogen-bond acceptors (Lipinski definition) is 6. The summed E-state index contributed by atoms with van der Waals surface area (Å²) in [5.74, 6) is -1.21. The van der Waals surface area contributed by atoms with Gasteiger partial charge in [-0.05, 0) is 30.5 Å². The lowest BCUT2D eigenvalue weighted by atomic mass is 10.1. The zero-order valence-corrected chi connectivity index (χ0v) is 16.3. The van der Waals surface area contributed by atoms with E-state index in [1.54, 1.807) is 0 Å². The predicted molar refractivity (Wildman–Crippen MR) is 104 cm³/mol. The number of carboxylic acids is 1. The molecule has 0 aliphatic rings. The number of carbonyl (C=O) groups excluding carboxylic acids is 1. The maximum atomic E-state index is 12.2. The quantitative estimate of drug-likeness (QED) is 0.599. The molecule has 26 heavy (non-hydrogen) atoms. The van der Waals surface area contributed by atoms with Crippen molar-refractivity contribution in [2.75, 3.05) is 5.32 Å². The molecular formula is C17H23ClN4O3S. The summed E-state index contributed by atoms with van der Waals surface area (Å²) in [6, 6.07) is 7.00. The first kappa shape index (κ1) is 22.0. The van der Waals surface area contributed by atoms with E-state index in [2.05, 4.69) is 27.8 Å². The minimum Gasteiger partial charge on any atom is -0.480 e. The molecule has 2 aromatic rings. The van der Waals surface area contributed by atoms with Crippen molar-refractivity contribution in [3.05, 3.63) is 39.8 Å². The molecule has 0 fully saturated rings. The van der Waals surface area contributed by atoms with Crippen molar-refractivity contribution in [1.29, 1.82) is 0 Å². The highest BCUT2D eigenvalue weighted by molar-refractivity contribution is 7.13. The van der Waals surface area contributed by atoms with Crippen LogP contribution in [-0.2, 0) is 17.8 Å². The van der Waals surface area contributed by atoms with E-state index in [1.807, 2.05) is 31.2 Å². The number of anilines is 1. The van der Waals surface area contributed by atoms with Crippen molar-refractivity contribution in [2.24, 2.45) is 0 Å². The second-order valence-corrected chi connectivity index (χ2v) is 6.63. The number of amides is 1. The van der Waals surface area contributed by atoms with Crippen LogP contribution in [0.5, 0.6) is 0 Å². The molecule has 3 N–H and O–H groups in total. The third-order valence-electron chi connectivity index (χ3n) is 3.66. The highest BCUT2D eigenvalue weighted by Crippen LogP contribution is 2.15. The van der Waals surface area contributed by atoms with Gasteiger partial charge in [-0.1, -0.05) is 43.7 Å². The first-order chi connectivity index (χ1) is 12.0.